The summed E-state index contributed by atoms with van der Waals surface area (Å²) in [5.41, 5.74) is 1.40. The molecule has 4 saturated heterocycles. The minimum absolute atomic E-state index is 0.343. The summed E-state index contributed by atoms with van der Waals surface area (Å²) in [6.45, 7) is 8.08. The maximum absolute atomic E-state index is 5.68. The van der Waals surface area contributed by atoms with Crippen LogP contribution < -0.4 is 9.47 Å². The Balaban J connectivity index is 1.34. The number of hydrogen-bond donors (Lipinski definition) is 0. The smallest absolute Gasteiger partial charge is 0.231 e. The lowest BCUT2D eigenvalue weighted by Crippen LogP contribution is -2.60. The topological polar surface area (TPSA) is 42.8 Å². The summed E-state index contributed by atoms with van der Waals surface area (Å²) in [7, 11) is 0. The van der Waals surface area contributed by atoms with Gasteiger partial charge in [-0.2, -0.15) is 0 Å². The number of nitrogens with zero attached hydrogens (tertiary/aromatic N) is 4. The number of hydrogen-bond acceptors (Lipinski definition) is 5. The fourth-order valence-electron chi connectivity index (χ4n) is 6.12. The van der Waals surface area contributed by atoms with Gasteiger partial charge in [0.05, 0.1) is 6.54 Å². The third-order valence-electron chi connectivity index (χ3n) is 7.41. The highest BCUT2D eigenvalue weighted by atomic mass is 16.7. The molecule has 0 unspecified atom stereocenters. The van der Waals surface area contributed by atoms with Gasteiger partial charge in [0.15, 0.2) is 11.5 Å². The van der Waals surface area contributed by atoms with Crippen LogP contribution in [0.15, 0.2) is 30.6 Å². The number of fused-ring (bicyclic) bond motifs is 3. The SMILES string of the molecule is CCn1ccnc1CN1C[C@H](c2ccc3c(c2)OCO3)[C@H]2[C@@H]1C1CCN2CC1. The summed E-state index contributed by atoms with van der Waals surface area (Å²) in [5.74, 6) is 4.33. The lowest BCUT2D eigenvalue weighted by molar-refractivity contribution is -0.00952. The molecule has 4 fully saturated rings. The summed E-state index contributed by atoms with van der Waals surface area (Å²) in [6, 6.07) is 7.83. The Morgan fingerprint density at radius 3 is 2.82 bits per heavy atom. The van der Waals surface area contributed by atoms with Crippen LogP contribution in [0.5, 0.6) is 11.5 Å². The number of aromatic nitrogens is 2. The van der Waals surface area contributed by atoms with E-state index < -0.39 is 0 Å². The van der Waals surface area contributed by atoms with Gasteiger partial charge in [-0.1, -0.05) is 6.07 Å². The zero-order valence-electron chi connectivity index (χ0n) is 16.5. The Morgan fingerprint density at radius 1 is 1.11 bits per heavy atom. The largest absolute Gasteiger partial charge is 0.454 e. The van der Waals surface area contributed by atoms with Crippen LogP contribution in [0.1, 0.15) is 37.1 Å². The Bertz CT molecular complexity index is 873. The maximum Gasteiger partial charge on any atom is 0.231 e. The molecular formula is C22H28N4O2. The molecule has 0 saturated carbocycles. The average molecular weight is 380 g/mol. The normalized spacial score (nSPS) is 33.4. The van der Waals surface area contributed by atoms with Crippen molar-refractivity contribution in [3.05, 3.63) is 42.0 Å². The van der Waals surface area contributed by atoms with Crippen molar-refractivity contribution in [2.45, 2.75) is 50.9 Å². The Labute approximate surface area is 166 Å². The lowest BCUT2D eigenvalue weighted by Gasteiger charge is -2.51. The molecule has 6 heteroatoms. The Kier molecular flexibility index (Phi) is 3.91. The van der Waals surface area contributed by atoms with E-state index >= 15 is 0 Å². The van der Waals surface area contributed by atoms with Crippen molar-refractivity contribution >= 4 is 0 Å². The second-order valence-electron chi connectivity index (χ2n) is 8.63. The highest BCUT2D eigenvalue weighted by Crippen LogP contribution is 2.48. The maximum atomic E-state index is 5.68. The fraction of sp³-hybridized carbons (Fsp3) is 0.591. The van der Waals surface area contributed by atoms with Crippen molar-refractivity contribution in [1.29, 1.82) is 0 Å². The molecule has 3 atom stereocenters. The predicted octanol–water partition coefficient (Wildman–Crippen LogP) is 2.69. The molecule has 6 heterocycles. The molecule has 148 valence electrons. The highest BCUT2D eigenvalue weighted by molar-refractivity contribution is 5.46. The molecule has 7 rings (SSSR count). The molecule has 6 nitrogen and oxygen atoms in total. The first-order chi connectivity index (χ1) is 13.8. The van der Waals surface area contributed by atoms with Gasteiger partial charge < -0.3 is 14.0 Å². The van der Waals surface area contributed by atoms with Crippen LogP contribution in [0.3, 0.4) is 0 Å². The summed E-state index contributed by atoms with van der Waals surface area (Å²) in [4.78, 5) is 10.1. The lowest BCUT2D eigenvalue weighted by atomic mass is 9.75. The highest BCUT2D eigenvalue weighted by Gasteiger charge is 2.53. The van der Waals surface area contributed by atoms with Crippen molar-refractivity contribution in [2.75, 3.05) is 26.4 Å². The van der Waals surface area contributed by atoms with E-state index in [1.54, 1.807) is 0 Å². The number of benzene rings is 1. The summed E-state index contributed by atoms with van der Waals surface area (Å²) in [5, 5.41) is 0. The van der Waals surface area contributed by atoms with Gasteiger partial charge in [0.1, 0.15) is 5.82 Å². The van der Waals surface area contributed by atoms with Gasteiger partial charge in [0, 0.05) is 43.5 Å². The molecule has 1 aromatic heterocycles. The Morgan fingerprint density at radius 2 is 1.96 bits per heavy atom. The Hall–Kier alpha value is -2.05. The van der Waals surface area contributed by atoms with E-state index in [-0.39, 0.29) is 0 Å². The van der Waals surface area contributed by atoms with Gasteiger partial charge in [-0.15, -0.1) is 0 Å². The second kappa shape index (κ2) is 6.49. The van der Waals surface area contributed by atoms with Gasteiger partial charge in [0.2, 0.25) is 6.79 Å². The molecule has 2 aromatic rings. The average Bonchev–Trinajstić information content (AvgIpc) is 3.47. The van der Waals surface area contributed by atoms with Crippen LogP contribution in [-0.2, 0) is 13.1 Å². The van der Waals surface area contributed by atoms with Crippen molar-refractivity contribution in [3.8, 4) is 11.5 Å². The summed E-state index contributed by atoms with van der Waals surface area (Å²) < 4.78 is 13.5. The first kappa shape index (κ1) is 16.9. The zero-order chi connectivity index (χ0) is 18.7. The zero-order valence-corrected chi connectivity index (χ0v) is 16.5. The number of aryl methyl sites for hydroxylation is 1. The number of piperidine rings is 3. The van der Waals surface area contributed by atoms with E-state index in [1.807, 2.05) is 6.20 Å². The van der Waals surface area contributed by atoms with Crippen LogP contribution in [0, 0.1) is 5.92 Å². The van der Waals surface area contributed by atoms with E-state index in [0.29, 0.717) is 24.8 Å². The fourth-order valence-corrected chi connectivity index (χ4v) is 6.12. The van der Waals surface area contributed by atoms with Crippen molar-refractivity contribution in [3.63, 3.8) is 0 Å². The van der Waals surface area contributed by atoms with Gasteiger partial charge in [-0.05, 0) is 56.5 Å². The van der Waals surface area contributed by atoms with Gasteiger partial charge in [-0.3, -0.25) is 9.80 Å². The minimum atomic E-state index is 0.343. The van der Waals surface area contributed by atoms with E-state index in [4.69, 9.17) is 9.47 Å². The molecule has 1 aromatic carbocycles. The first-order valence-corrected chi connectivity index (χ1v) is 10.7. The summed E-state index contributed by atoms with van der Waals surface area (Å²) in [6.07, 6.45) is 6.73. The third kappa shape index (κ3) is 2.51. The monoisotopic (exact) mass is 380 g/mol. The molecule has 28 heavy (non-hydrogen) atoms. The standard InChI is InChI=1S/C22H28N4O2/c1-2-24-10-7-23-20(24)13-26-12-17(16-3-4-18-19(11-16)28-14-27-18)22-21(26)15-5-8-25(22)9-6-15/h3-4,7,10-11,15,17,21-22H,2,5-6,8-9,12-14H2,1H3/t17-,21+,22+/m1/s1. The van der Waals surface area contributed by atoms with Crippen LogP contribution >= 0.6 is 0 Å². The number of ether oxygens (including phenoxy) is 2. The third-order valence-corrected chi connectivity index (χ3v) is 7.41. The van der Waals surface area contributed by atoms with Gasteiger partial charge in [0.25, 0.3) is 0 Å². The number of likely N-dealkylation sites (tertiary alicyclic amines) is 1. The number of imidazole rings is 1. The van der Waals surface area contributed by atoms with Crippen LogP contribution in [0.4, 0.5) is 0 Å². The predicted molar refractivity (Wildman–Crippen MR) is 105 cm³/mol. The molecule has 5 aliphatic heterocycles. The second-order valence-corrected chi connectivity index (χ2v) is 8.63. The molecule has 0 aliphatic carbocycles. The van der Waals surface area contributed by atoms with E-state index in [2.05, 4.69) is 50.7 Å². The molecule has 5 aliphatic rings. The quantitative estimate of drug-likeness (QED) is 0.816. The van der Waals surface area contributed by atoms with Crippen molar-refractivity contribution in [2.24, 2.45) is 5.92 Å². The summed E-state index contributed by atoms with van der Waals surface area (Å²) >= 11 is 0. The first-order valence-electron chi connectivity index (χ1n) is 10.7. The van der Waals surface area contributed by atoms with Crippen LogP contribution in [-0.4, -0.2) is 57.9 Å². The molecule has 0 radical (unpaired) electrons. The van der Waals surface area contributed by atoms with Crippen LogP contribution in [0.2, 0.25) is 0 Å². The number of rotatable bonds is 4. The van der Waals surface area contributed by atoms with Crippen LogP contribution in [0.25, 0.3) is 0 Å². The molecule has 0 spiro atoms. The van der Waals surface area contributed by atoms with E-state index in [1.165, 1.54) is 37.3 Å². The molecule has 0 amide bonds. The molecular weight excluding hydrogens is 352 g/mol. The van der Waals surface area contributed by atoms with E-state index in [0.717, 1.165) is 37.1 Å². The van der Waals surface area contributed by atoms with Crippen molar-refractivity contribution in [1.82, 2.24) is 19.4 Å². The van der Waals surface area contributed by atoms with E-state index in [9.17, 15) is 0 Å². The van der Waals surface area contributed by atoms with Gasteiger partial charge >= 0.3 is 0 Å². The minimum Gasteiger partial charge on any atom is -0.454 e. The van der Waals surface area contributed by atoms with Crippen molar-refractivity contribution < 1.29 is 9.47 Å². The van der Waals surface area contributed by atoms with Gasteiger partial charge in [-0.25, -0.2) is 4.98 Å². The molecule has 2 bridgehead atoms. The molecule has 0 N–H and O–H groups in total.